The molecule has 1 aromatic heterocycles. The molecule has 19 heavy (non-hydrogen) atoms. The van der Waals surface area contributed by atoms with Crippen LogP contribution >= 0.6 is 0 Å². The van der Waals surface area contributed by atoms with Gasteiger partial charge in [0.1, 0.15) is 5.41 Å². The maximum Gasteiger partial charge on any atom is 0.313 e. The fraction of sp³-hybridized carbons (Fsp3) is 0.583. The first-order valence-electron chi connectivity index (χ1n) is 5.90. The van der Waals surface area contributed by atoms with Gasteiger partial charge in [0, 0.05) is 6.92 Å². The molecule has 0 bridgehead atoms. The van der Waals surface area contributed by atoms with E-state index in [1.54, 1.807) is 20.8 Å². The number of rotatable bonds is 3. The van der Waals surface area contributed by atoms with Crippen LogP contribution in [0.3, 0.4) is 0 Å². The van der Waals surface area contributed by atoms with Crippen LogP contribution in [0.2, 0.25) is 0 Å². The van der Waals surface area contributed by atoms with Gasteiger partial charge in [0.05, 0.1) is 24.9 Å². The standard InChI is InChI=1S/C12H16N2O5/c1-6-9(19-7(2)13-6)10(15)14-8-4-18-5-12(8,3)11(16)17/h8H,4-5H2,1-3H3,(H,14,15)(H,16,17). The topological polar surface area (TPSA) is 102 Å². The van der Waals surface area contributed by atoms with Crippen LogP contribution in [0.1, 0.15) is 29.1 Å². The van der Waals surface area contributed by atoms with E-state index in [1.165, 1.54) is 0 Å². The Bertz CT molecular complexity index is 524. The zero-order valence-corrected chi connectivity index (χ0v) is 11.0. The van der Waals surface area contributed by atoms with Gasteiger partial charge in [-0.25, -0.2) is 4.98 Å². The van der Waals surface area contributed by atoms with E-state index in [4.69, 9.17) is 9.15 Å². The number of carboxylic acid groups (broad SMARTS) is 1. The van der Waals surface area contributed by atoms with Crippen molar-refractivity contribution in [3.63, 3.8) is 0 Å². The molecule has 2 heterocycles. The summed E-state index contributed by atoms with van der Waals surface area (Å²) in [5.74, 6) is -0.967. The van der Waals surface area contributed by atoms with Gasteiger partial charge in [-0.15, -0.1) is 0 Å². The van der Waals surface area contributed by atoms with Gasteiger partial charge in [0.15, 0.2) is 5.89 Å². The van der Waals surface area contributed by atoms with Crippen molar-refractivity contribution < 1.29 is 23.8 Å². The summed E-state index contributed by atoms with van der Waals surface area (Å²) in [6.07, 6.45) is 0. The Balaban J connectivity index is 2.15. The molecule has 104 valence electrons. The smallest absolute Gasteiger partial charge is 0.313 e. The van der Waals surface area contributed by atoms with E-state index in [2.05, 4.69) is 10.3 Å². The Morgan fingerprint density at radius 2 is 2.16 bits per heavy atom. The molecular formula is C12H16N2O5. The maximum absolute atomic E-state index is 12.1. The van der Waals surface area contributed by atoms with Gasteiger partial charge in [-0.1, -0.05) is 0 Å². The molecule has 2 rings (SSSR count). The highest BCUT2D eigenvalue weighted by molar-refractivity contribution is 5.93. The van der Waals surface area contributed by atoms with Gasteiger partial charge in [-0.2, -0.15) is 0 Å². The van der Waals surface area contributed by atoms with Gasteiger partial charge in [-0.05, 0) is 13.8 Å². The van der Waals surface area contributed by atoms with Crippen molar-refractivity contribution in [3.05, 3.63) is 17.3 Å². The van der Waals surface area contributed by atoms with Crippen molar-refractivity contribution in [2.45, 2.75) is 26.8 Å². The predicted octanol–water partition coefficient (Wildman–Crippen LogP) is 0.511. The molecular weight excluding hydrogens is 252 g/mol. The number of ether oxygens (including phenoxy) is 1. The number of nitrogens with one attached hydrogen (secondary N) is 1. The first-order valence-corrected chi connectivity index (χ1v) is 5.90. The largest absolute Gasteiger partial charge is 0.481 e. The van der Waals surface area contributed by atoms with Gasteiger partial charge < -0.3 is 19.6 Å². The molecule has 1 aliphatic heterocycles. The van der Waals surface area contributed by atoms with Crippen LogP contribution in [-0.4, -0.2) is 41.2 Å². The van der Waals surface area contributed by atoms with E-state index in [0.717, 1.165) is 0 Å². The lowest BCUT2D eigenvalue weighted by atomic mass is 9.85. The molecule has 0 radical (unpaired) electrons. The van der Waals surface area contributed by atoms with Crippen LogP contribution in [0.4, 0.5) is 0 Å². The molecule has 0 spiro atoms. The van der Waals surface area contributed by atoms with Gasteiger partial charge in [-0.3, -0.25) is 9.59 Å². The third kappa shape index (κ3) is 2.33. The van der Waals surface area contributed by atoms with E-state index in [-0.39, 0.29) is 19.0 Å². The number of carboxylic acids is 1. The Kier molecular flexibility index (Phi) is 3.32. The molecule has 7 heteroatoms. The normalized spacial score (nSPS) is 26.4. The number of aromatic nitrogens is 1. The van der Waals surface area contributed by atoms with Crippen LogP contribution in [-0.2, 0) is 9.53 Å². The Hall–Kier alpha value is -1.89. The lowest BCUT2D eigenvalue weighted by Crippen LogP contribution is -2.49. The van der Waals surface area contributed by atoms with Crippen molar-refractivity contribution in [1.29, 1.82) is 0 Å². The number of nitrogens with zero attached hydrogens (tertiary/aromatic N) is 1. The van der Waals surface area contributed by atoms with Crippen LogP contribution in [0, 0.1) is 19.3 Å². The molecule has 2 unspecified atom stereocenters. The summed E-state index contributed by atoms with van der Waals surface area (Å²) in [6.45, 7) is 5.09. The molecule has 1 saturated heterocycles. The number of hydrogen-bond acceptors (Lipinski definition) is 5. The molecule has 1 aromatic rings. The highest BCUT2D eigenvalue weighted by Crippen LogP contribution is 2.29. The number of aliphatic carboxylic acids is 1. The van der Waals surface area contributed by atoms with Crippen molar-refractivity contribution in [2.24, 2.45) is 5.41 Å². The summed E-state index contributed by atoms with van der Waals surface area (Å²) < 4.78 is 10.4. The van der Waals surface area contributed by atoms with Crippen molar-refractivity contribution in [3.8, 4) is 0 Å². The molecule has 0 saturated carbocycles. The molecule has 1 aliphatic rings. The first kappa shape index (κ1) is 13.5. The minimum atomic E-state index is -1.13. The average molecular weight is 268 g/mol. The first-order chi connectivity index (χ1) is 8.84. The number of carbonyl (C=O) groups excluding carboxylic acids is 1. The van der Waals surface area contributed by atoms with Crippen molar-refractivity contribution in [2.75, 3.05) is 13.2 Å². The Labute approximate surface area is 110 Å². The van der Waals surface area contributed by atoms with Crippen molar-refractivity contribution >= 4 is 11.9 Å². The van der Waals surface area contributed by atoms with Crippen molar-refractivity contribution in [1.82, 2.24) is 10.3 Å². The number of aryl methyl sites for hydroxylation is 2. The maximum atomic E-state index is 12.1. The monoisotopic (exact) mass is 268 g/mol. The summed E-state index contributed by atoms with van der Waals surface area (Å²) >= 11 is 0. The second-order valence-corrected chi connectivity index (χ2v) is 4.91. The lowest BCUT2D eigenvalue weighted by Gasteiger charge is -2.25. The summed E-state index contributed by atoms with van der Waals surface area (Å²) in [7, 11) is 0. The SMILES string of the molecule is Cc1nc(C)c(C(=O)NC2COCC2(C)C(=O)O)o1. The predicted molar refractivity (Wildman–Crippen MR) is 63.8 cm³/mol. The van der Waals surface area contributed by atoms with Crippen LogP contribution in [0.5, 0.6) is 0 Å². The second kappa shape index (κ2) is 4.65. The van der Waals surface area contributed by atoms with Crippen LogP contribution in [0.25, 0.3) is 0 Å². The van der Waals surface area contributed by atoms with Crippen LogP contribution < -0.4 is 5.32 Å². The number of carbonyl (C=O) groups is 2. The quantitative estimate of drug-likeness (QED) is 0.828. The highest BCUT2D eigenvalue weighted by Gasteiger charge is 2.47. The molecule has 2 N–H and O–H groups in total. The third-order valence-electron chi connectivity index (χ3n) is 3.36. The fourth-order valence-corrected chi connectivity index (χ4v) is 2.05. The summed E-state index contributed by atoms with van der Waals surface area (Å²) in [5.41, 5.74) is -0.649. The molecule has 2 atom stereocenters. The van der Waals surface area contributed by atoms with Crippen LogP contribution in [0.15, 0.2) is 4.42 Å². The zero-order chi connectivity index (χ0) is 14.2. The fourth-order valence-electron chi connectivity index (χ4n) is 2.05. The number of hydrogen-bond donors (Lipinski definition) is 2. The van der Waals surface area contributed by atoms with E-state index >= 15 is 0 Å². The summed E-state index contributed by atoms with van der Waals surface area (Å²) in [4.78, 5) is 27.3. The highest BCUT2D eigenvalue weighted by atomic mass is 16.5. The Morgan fingerprint density at radius 3 is 2.68 bits per heavy atom. The molecule has 1 fully saturated rings. The lowest BCUT2D eigenvalue weighted by molar-refractivity contribution is -0.148. The molecule has 1 amide bonds. The van der Waals surface area contributed by atoms with Gasteiger partial charge in [0.25, 0.3) is 5.91 Å². The summed E-state index contributed by atoms with van der Waals surface area (Å²) in [5, 5.41) is 11.9. The zero-order valence-electron chi connectivity index (χ0n) is 11.0. The molecule has 0 aliphatic carbocycles. The van der Waals surface area contributed by atoms with Gasteiger partial charge in [0.2, 0.25) is 5.76 Å². The van der Waals surface area contributed by atoms with E-state index in [0.29, 0.717) is 11.6 Å². The number of amides is 1. The van der Waals surface area contributed by atoms with E-state index < -0.39 is 23.3 Å². The molecule has 7 nitrogen and oxygen atoms in total. The van der Waals surface area contributed by atoms with E-state index in [9.17, 15) is 14.7 Å². The Morgan fingerprint density at radius 1 is 1.47 bits per heavy atom. The minimum absolute atomic E-state index is 0.0711. The van der Waals surface area contributed by atoms with Gasteiger partial charge >= 0.3 is 5.97 Å². The molecule has 0 aromatic carbocycles. The third-order valence-corrected chi connectivity index (χ3v) is 3.36. The minimum Gasteiger partial charge on any atom is -0.481 e. The summed E-state index contributed by atoms with van der Waals surface area (Å²) in [6, 6.07) is -0.595. The average Bonchev–Trinajstić information content (AvgIpc) is 2.84. The second-order valence-electron chi connectivity index (χ2n) is 4.91. The van der Waals surface area contributed by atoms with E-state index in [1.807, 2.05) is 0 Å². The number of oxazole rings is 1.